The molecule has 0 aliphatic carbocycles. The lowest BCUT2D eigenvalue weighted by Gasteiger charge is -2.32. The van der Waals surface area contributed by atoms with Crippen molar-refractivity contribution in [1.82, 2.24) is 14.5 Å². The van der Waals surface area contributed by atoms with Gasteiger partial charge in [-0.15, -0.1) is 0 Å². The molecule has 1 aliphatic heterocycles. The zero-order valence-corrected chi connectivity index (χ0v) is 24.8. The van der Waals surface area contributed by atoms with Gasteiger partial charge in [-0.2, -0.15) is 0 Å². The molecule has 0 bridgehead atoms. The third-order valence-electron chi connectivity index (χ3n) is 9.01. The van der Waals surface area contributed by atoms with E-state index in [-0.39, 0.29) is 17.6 Å². The van der Waals surface area contributed by atoms with E-state index in [1.807, 2.05) is 111 Å². The number of phenols is 1. The van der Waals surface area contributed by atoms with Crippen LogP contribution in [0.1, 0.15) is 34.9 Å². The molecule has 1 aliphatic rings. The highest BCUT2D eigenvalue weighted by Crippen LogP contribution is 2.42. The second-order valence-corrected chi connectivity index (χ2v) is 11.6. The summed E-state index contributed by atoms with van der Waals surface area (Å²) in [5.41, 5.74) is 6.24. The molecule has 5 aromatic carbocycles. The number of nitrogens with zero attached hydrogens (tertiary/aromatic N) is 2. The largest absolute Gasteiger partial charge is 0.508 e. The summed E-state index contributed by atoms with van der Waals surface area (Å²) < 4.78 is 3.53. The first kappa shape index (κ1) is 26.7. The van der Waals surface area contributed by atoms with Gasteiger partial charge in [0.2, 0.25) is 0 Å². The molecule has 3 heterocycles. The number of aromatic nitrogens is 2. The van der Waals surface area contributed by atoms with Crippen molar-refractivity contribution in [3.63, 3.8) is 0 Å². The highest BCUT2D eigenvalue weighted by atomic mass is 16.3. The number of benzene rings is 5. The van der Waals surface area contributed by atoms with Crippen molar-refractivity contribution in [1.29, 1.82) is 0 Å². The number of hydrogen-bond donors (Lipinski definition) is 2. The van der Waals surface area contributed by atoms with Crippen molar-refractivity contribution in [2.24, 2.45) is 0 Å². The Hall–Kier alpha value is -5.88. The van der Waals surface area contributed by atoms with Crippen LogP contribution in [0.2, 0.25) is 0 Å². The maximum Gasteiger partial charge on any atom is 0.261 e. The Balaban J connectivity index is 1.38. The van der Waals surface area contributed by atoms with Gasteiger partial charge in [-0.1, -0.05) is 84.9 Å². The lowest BCUT2D eigenvalue weighted by Crippen LogP contribution is -2.34. The zero-order chi connectivity index (χ0) is 30.8. The summed E-state index contributed by atoms with van der Waals surface area (Å²) in [5, 5.41) is 17.6. The maximum absolute atomic E-state index is 15.0. The van der Waals surface area contributed by atoms with Crippen LogP contribution in [0.25, 0.3) is 43.6 Å². The number of nitrogens with one attached hydrogen (secondary N) is 1. The topological polar surface area (TPSA) is 76.3 Å². The molecule has 0 amide bonds. The second kappa shape index (κ2) is 10.1. The molecule has 0 saturated heterocycles. The highest BCUT2D eigenvalue weighted by Gasteiger charge is 2.39. The number of carbonyl (C=O) groups excluding carboxylic acids is 2. The Morgan fingerprint density at radius 2 is 0.867 bits per heavy atom. The van der Waals surface area contributed by atoms with E-state index < -0.39 is 5.92 Å². The van der Waals surface area contributed by atoms with Crippen LogP contribution in [-0.4, -0.2) is 26.1 Å². The van der Waals surface area contributed by atoms with Gasteiger partial charge in [-0.05, 0) is 55.8 Å². The normalized spacial score (nSPS) is 14.2. The average Bonchev–Trinajstić information content (AvgIpc) is 3.57. The maximum atomic E-state index is 15.0. The molecule has 8 rings (SSSR count). The summed E-state index contributed by atoms with van der Waals surface area (Å²) in [5.74, 6) is -1.02. The van der Waals surface area contributed by atoms with E-state index in [1.54, 1.807) is 33.4 Å². The summed E-state index contributed by atoms with van der Waals surface area (Å²) in [6.45, 7) is 3.78. The molecular formula is C39H29N3O3. The fourth-order valence-corrected chi connectivity index (χ4v) is 7.08. The predicted octanol–water partition coefficient (Wildman–Crippen LogP) is 8.52. The number of allylic oxidation sites excluding steroid dienone is 4. The number of para-hydroxylation sites is 4. The number of phenolic OH excluding ortho intramolecular Hbond substituents is 1. The van der Waals surface area contributed by atoms with Gasteiger partial charge in [0.25, 0.3) is 11.8 Å². The fourth-order valence-electron chi connectivity index (χ4n) is 7.08. The van der Waals surface area contributed by atoms with Gasteiger partial charge >= 0.3 is 0 Å². The van der Waals surface area contributed by atoms with Crippen molar-refractivity contribution < 1.29 is 14.7 Å². The quantitative estimate of drug-likeness (QED) is 0.217. The molecule has 218 valence electrons. The Bertz CT molecular complexity index is 2170. The van der Waals surface area contributed by atoms with Crippen LogP contribution in [-0.2, 0) is 0 Å². The van der Waals surface area contributed by atoms with E-state index in [2.05, 4.69) is 5.32 Å². The summed E-state index contributed by atoms with van der Waals surface area (Å²) in [6.07, 6.45) is 0. The summed E-state index contributed by atoms with van der Waals surface area (Å²) in [7, 11) is 0. The lowest BCUT2D eigenvalue weighted by atomic mass is 9.79. The van der Waals surface area contributed by atoms with Crippen LogP contribution >= 0.6 is 0 Å². The molecule has 0 saturated carbocycles. The molecule has 6 nitrogen and oxygen atoms in total. The van der Waals surface area contributed by atoms with E-state index in [0.29, 0.717) is 22.5 Å². The molecule has 7 aromatic rings. The van der Waals surface area contributed by atoms with Gasteiger partial charge in [0.15, 0.2) is 0 Å². The molecule has 2 N–H and O–H groups in total. The highest BCUT2D eigenvalue weighted by molar-refractivity contribution is 6.19. The van der Waals surface area contributed by atoms with Crippen molar-refractivity contribution in [3.05, 3.63) is 149 Å². The Labute approximate surface area is 259 Å². The Morgan fingerprint density at radius 1 is 0.533 bits per heavy atom. The standard InChI is InChI=1S/C39H29N3O3/c1-23-35(38(44)41-31-15-7-3-11-27(31)28-12-4-8-16-32(28)41)37(25-19-21-26(43)22-20-25)36(24(2)40-23)39(45)42-33-17-9-5-13-29(33)30-14-6-10-18-34(30)42/h3-22,37,40,43H,1-2H3. The van der Waals surface area contributed by atoms with Crippen molar-refractivity contribution in [3.8, 4) is 5.75 Å². The summed E-state index contributed by atoms with van der Waals surface area (Å²) >= 11 is 0. The number of rotatable bonds is 3. The van der Waals surface area contributed by atoms with Gasteiger partial charge in [-0.25, -0.2) is 0 Å². The predicted molar refractivity (Wildman–Crippen MR) is 180 cm³/mol. The molecule has 0 spiro atoms. The molecule has 45 heavy (non-hydrogen) atoms. The van der Waals surface area contributed by atoms with Gasteiger partial charge in [0.05, 0.1) is 22.1 Å². The number of fused-ring (bicyclic) bond motifs is 6. The van der Waals surface area contributed by atoms with Crippen molar-refractivity contribution >= 4 is 55.4 Å². The molecule has 2 aromatic heterocycles. The Kier molecular flexibility index (Phi) is 6.00. The minimum absolute atomic E-state index is 0.111. The fraction of sp³-hybridized carbons (Fsp3) is 0.0769. The van der Waals surface area contributed by atoms with Crippen LogP contribution < -0.4 is 5.32 Å². The lowest BCUT2D eigenvalue weighted by molar-refractivity contribution is 0.0945. The molecule has 0 unspecified atom stereocenters. The van der Waals surface area contributed by atoms with Crippen LogP contribution in [0.5, 0.6) is 5.75 Å². The third kappa shape index (κ3) is 3.96. The minimum atomic E-state index is -0.702. The number of dihydropyridines is 1. The second-order valence-electron chi connectivity index (χ2n) is 11.6. The van der Waals surface area contributed by atoms with Crippen molar-refractivity contribution in [2.75, 3.05) is 0 Å². The minimum Gasteiger partial charge on any atom is -0.508 e. The number of carbonyl (C=O) groups is 2. The first-order chi connectivity index (χ1) is 21.9. The van der Waals surface area contributed by atoms with Crippen molar-refractivity contribution in [2.45, 2.75) is 19.8 Å². The van der Waals surface area contributed by atoms with Crippen LogP contribution in [0, 0.1) is 0 Å². The van der Waals surface area contributed by atoms with E-state index in [9.17, 15) is 5.11 Å². The molecule has 0 fully saturated rings. The monoisotopic (exact) mass is 587 g/mol. The zero-order valence-electron chi connectivity index (χ0n) is 24.8. The smallest absolute Gasteiger partial charge is 0.261 e. The third-order valence-corrected chi connectivity index (χ3v) is 9.01. The average molecular weight is 588 g/mol. The van der Waals surface area contributed by atoms with E-state index in [4.69, 9.17) is 0 Å². The van der Waals surface area contributed by atoms with Gasteiger partial charge in [0, 0.05) is 50.0 Å². The first-order valence-electron chi connectivity index (χ1n) is 15.0. The van der Waals surface area contributed by atoms with Gasteiger partial charge < -0.3 is 10.4 Å². The molecule has 0 radical (unpaired) electrons. The van der Waals surface area contributed by atoms with Crippen LogP contribution in [0.3, 0.4) is 0 Å². The summed E-state index contributed by atoms with van der Waals surface area (Å²) in [4.78, 5) is 30.0. The SMILES string of the molecule is CC1=C(C(=O)n2c3ccccc3c3ccccc32)C(c2ccc(O)cc2)C(C(=O)n2c3ccccc3c3ccccc32)=C(C)N1. The first-order valence-corrected chi connectivity index (χ1v) is 15.0. The van der Waals surface area contributed by atoms with E-state index in [0.717, 1.165) is 49.2 Å². The van der Waals surface area contributed by atoms with Crippen LogP contribution in [0.15, 0.2) is 144 Å². The van der Waals surface area contributed by atoms with Gasteiger partial charge in [0.1, 0.15) is 5.75 Å². The number of aromatic hydroxyl groups is 1. The molecule has 0 atom stereocenters. The molecule has 6 heteroatoms. The van der Waals surface area contributed by atoms with Crippen LogP contribution in [0.4, 0.5) is 0 Å². The van der Waals surface area contributed by atoms with E-state index >= 15 is 9.59 Å². The Morgan fingerprint density at radius 3 is 1.22 bits per heavy atom. The molecular weight excluding hydrogens is 558 g/mol. The van der Waals surface area contributed by atoms with Gasteiger partial charge in [-0.3, -0.25) is 18.7 Å². The van der Waals surface area contributed by atoms with E-state index in [1.165, 1.54) is 0 Å². The number of hydrogen-bond acceptors (Lipinski definition) is 4. The summed E-state index contributed by atoms with van der Waals surface area (Å²) in [6, 6.07) is 38.4.